The lowest BCUT2D eigenvalue weighted by Crippen LogP contribution is -2.55. The van der Waals surface area contributed by atoms with Crippen LogP contribution in [0.2, 0.25) is 0 Å². The van der Waals surface area contributed by atoms with Gasteiger partial charge in [0.1, 0.15) is 17.7 Å². The fourth-order valence-corrected chi connectivity index (χ4v) is 4.78. The molecule has 220 valence electrons. The number of benzene rings is 3. The number of hydrogen-bond acceptors (Lipinski definition) is 4. The van der Waals surface area contributed by atoms with E-state index in [0.29, 0.717) is 24.2 Å². The molecule has 2 N–H and O–H groups in total. The standard InChI is InChI=1S/C34H45N3O4/c1-7-9-15-22-37(32(39)29(24(3)8-2)36-33(40)41-34(4,5)6)30(26-17-11-10-12-18-26)31(38)35-28-21-20-25-16-13-14-19-27(25)23-28/h10-14,16-21,23-24,29-30H,7-9,15,22H2,1-6H3,(H,35,38)(H,36,40). The van der Waals surface area contributed by atoms with E-state index in [1.54, 1.807) is 25.7 Å². The fraction of sp³-hybridized carbons (Fsp3) is 0.441. The second-order valence-electron chi connectivity index (χ2n) is 11.6. The van der Waals surface area contributed by atoms with Crippen molar-refractivity contribution in [1.29, 1.82) is 0 Å². The molecule has 3 amide bonds. The van der Waals surface area contributed by atoms with Crippen LogP contribution in [0.1, 0.15) is 78.8 Å². The number of anilines is 1. The van der Waals surface area contributed by atoms with E-state index in [4.69, 9.17) is 4.74 Å². The minimum absolute atomic E-state index is 0.177. The van der Waals surface area contributed by atoms with Gasteiger partial charge >= 0.3 is 6.09 Å². The van der Waals surface area contributed by atoms with E-state index in [1.807, 2.05) is 86.6 Å². The van der Waals surface area contributed by atoms with Crippen molar-refractivity contribution < 1.29 is 19.1 Å². The zero-order chi connectivity index (χ0) is 30.0. The highest BCUT2D eigenvalue weighted by molar-refractivity contribution is 6.00. The van der Waals surface area contributed by atoms with Gasteiger partial charge in [0.2, 0.25) is 5.91 Å². The molecule has 0 aromatic heterocycles. The third kappa shape index (κ3) is 9.07. The first-order valence-corrected chi connectivity index (χ1v) is 14.7. The first-order valence-electron chi connectivity index (χ1n) is 14.7. The molecule has 7 nitrogen and oxygen atoms in total. The van der Waals surface area contributed by atoms with Crippen molar-refractivity contribution in [2.45, 2.75) is 84.9 Å². The quantitative estimate of drug-likeness (QED) is 0.225. The zero-order valence-electron chi connectivity index (χ0n) is 25.3. The number of fused-ring (bicyclic) bond motifs is 1. The Morgan fingerprint density at radius 1 is 0.878 bits per heavy atom. The van der Waals surface area contributed by atoms with Crippen LogP contribution in [0.3, 0.4) is 0 Å². The molecule has 0 fully saturated rings. The maximum Gasteiger partial charge on any atom is 0.408 e. The van der Waals surface area contributed by atoms with Gasteiger partial charge in [-0.1, -0.05) is 101 Å². The number of nitrogens with zero attached hydrogens (tertiary/aromatic N) is 1. The molecule has 3 aromatic rings. The van der Waals surface area contributed by atoms with Gasteiger partial charge in [-0.3, -0.25) is 9.59 Å². The Balaban J connectivity index is 2.01. The first kappa shape index (κ1) is 31.7. The monoisotopic (exact) mass is 559 g/mol. The molecule has 0 saturated carbocycles. The van der Waals surface area contributed by atoms with Crippen LogP contribution >= 0.6 is 0 Å². The van der Waals surface area contributed by atoms with E-state index < -0.39 is 23.8 Å². The van der Waals surface area contributed by atoms with Crippen molar-refractivity contribution >= 4 is 34.4 Å². The molecule has 0 aliphatic rings. The molecule has 3 unspecified atom stereocenters. The lowest BCUT2D eigenvalue weighted by molar-refractivity contribution is -0.142. The second kappa shape index (κ2) is 14.7. The SMILES string of the molecule is CCCCCN(C(=O)C(NC(=O)OC(C)(C)C)C(C)CC)C(C(=O)Nc1ccc2ccccc2c1)c1ccccc1. The van der Waals surface area contributed by atoms with Gasteiger partial charge in [0, 0.05) is 12.2 Å². The summed E-state index contributed by atoms with van der Waals surface area (Å²) in [6.45, 7) is 11.7. The molecule has 41 heavy (non-hydrogen) atoms. The van der Waals surface area contributed by atoms with Crippen molar-refractivity contribution in [3.8, 4) is 0 Å². The van der Waals surface area contributed by atoms with Crippen molar-refractivity contribution in [2.75, 3.05) is 11.9 Å². The summed E-state index contributed by atoms with van der Waals surface area (Å²) in [5.74, 6) is -0.788. The first-order chi connectivity index (χ1) is 19.5. The molecule has 0 aliphatic carbocycles. The van der Waals surface area contributed by atoms with Gasteiger partial charge in [0.25, 0.3) is 5.91 Å². The van der Waals surface area contributed by atoms with Gasteiger partial charge < -0.3 is 20.3 Å². The molecular weight excluding hydrogens is 514 g/mol. The number of hydrogen-bond donors (Lipinski definition) is 2. The van der Waals surface area contributed by atoms with Crippen LogP contribution in [-0.2, 0) is 14.3 Å². The number of nitrogens with one attached hydrogen (secondary N) is 2. The smallest absolute Gasteiger partial charge is 0.408 e. The Bertz CT molecular complexity index is 1300. The van der Waals surface area contributed by atoms with Crippen LogP contribution in [0.4, 0.5) is 10.5 Å². The molecule has 0 aliphatic heterocycles. The summed E-state index contributed by atoms with van der Waals surface area (Å²) in [5.41, 5.74) is 0.650. The van der Waals surface area contributed by atoms with Crippen molar-refractivity contribution in [2.24, 2.45) is 5.92 Å². The zero-order valence-corrected chi connectivity index (χ0v) is 25.3. The summed E-state index contributed by atoms with van der Waals surface area (Å²) in [6, 6.07) is 21.3. The number of alkyl carbamates (subject to hydrolysis) is 1. The van der Waals surface area contributed by atoms with Crippen molar-refractivity contribution in [1.82, 2.24) is 10.2 Å². The van der Waals surface area contributed by atoms with Crippen molar-refractivity contribution in [3.05, 3.63) is 78.4 Å². The molecule has 3 aromatic carbocycles. The predicted molar refractivity (Wildman–Crippen MR) is 166 cm³/mol. The van der Waals surface area contributed by atoms with Gasteiger partial charge in [-0.25, -0.2) is 4.79 Å². The second-order valence-corrected chi connectivity index (χ2v) is 11.6. The highest BCUT2D eigenvalue weighted by Gasteiger charge is 2.38. The third-order valence-corrected chi connectivity index (χ3v) is 7.13. The lowest BCUT2D eigenvalue weighted by atomic mass is 9.95. The number of rotatable bonds is 12. The van der Waals surface area contributed by atoms with E-state index in [9.17, 15) is 14.4 Å². The lowest BCUT2D eigenvalue weighted by Gasteiger charge is -2.36. The molecule has 0 bridgehead atoms. The van der Waals surface area contributed by atoms with Crippen molar-refractivity contribution in [3.63, 3.8) is 0 Å². The van der Waals surface area contributed by atoms with E-state index in [0.717, 1.165) is 30.0 Å². The highest BCUT2D eigenvalue weighted by atomic mass is 16.6. The molecule has 7 heteroatoms. The number of amides is 3. The molecule has 0 saturated heterocycles. The van der Waals surface area contributed by atoms with Crippen LogP contribution in [0.25, 0.3) is 10.8 Å². The van der Waals surface area contributed by atoms with Crippen LogP contribution < -0.4 is 10.6 Å². The summed E-state index contributed by atoms with van der Waals surface area (Å²) in [5, 5.41) is 7.98. The van der Waals surface area contributed by atoms with Gasteiger partial charge in [-0.2, -0.15) is 0 Å². The van der Waals surface area contributed by atoms with E-state index in [1.165, 1.54) is 0 Å². The van der Waals surface area contributed by atoms with Gasteiger partial charge in [-0.05, 0) is 61.6 Å². The van der Waals surface area contributed by atoms with Crippen LogP contribution in [-0.4, -0.2) is 41.0 Å². The van der Waals surface area contributed by atoms with E-state index >= 15 is 0 Å². The average Bonchev–Trinajstić information content (AvgIpc) is 2.94. The predicted octanol–water partition coefficient (Wildman–Crippen LogP) is 7.48. The normalized spacial score (nSPS) is 13.6. The molecule has 0 spiro atoms. The Labute approximate surface area is 244 Å². The molecule has 0 heterocycles. The number of carbonyl (C=O) groups is 3. The number of ether oxygens (including phenoxy) is 1. The summed E-state index contributed by atoms with van der Waals surface area (Å²) in [6.07, 6.45) is 2.61. The number of unbranched alkanes of at least 4 members (excludes halogenated alkanes) is 2. The summed E-state index contributed by atoms with van der Waals surface area (Å²) in [4.78, 5) is 42.9. The average molecular weight is 560 g/mol. The fourth-order valence-electron chi connectivity index (χ4n) is 4.78. The van der Waals surface area contributed by atoms with E-state index in [-0.39, 0.29) is 17.7 Å². The summed E-state index contributed by atoms with van der Waals surface area (Å²) < 4.78 is 5.50. The maximum absolute atomic E-state index is 14.4. The Morgan fingerprint density at radius 3 is 2.17 bits per heavy atom. The minimum Gasteiger partial charge on any atom is -0.444 e. The molecule has 3 atom stereocenters. The highest BCUT2D eigenvalue weighted by Crippen LogP contribution is 2.27. The van der Waals surface area contributed by atoms with Crippen LogP contribution in [0, 0.1) is 5.92 Å². The van der Waals surface area contributed by atoms with Crippen LogP contribution in [0.15, 0.2) is 72.8 Å². The molecular formula is C34H45N3O4. The van der Waals surface area contributed by atoms with Gasteiger partial charge in [0.05, 0.1) is 0 Å². The van der Waals surface area contributed by atoms with Gasteiger partial charge in [-0.15, -0.1) is 0 Å². The maximum atomic E-state index is 14.4. The minimum atomic E-state index is -0.890. The Kier molecular flexibility index (Phi) is 11.3. The Morgan fingerprint density at radius 2 is 1.54 bits per heavy atom. The topological polar surface area (TPSA) is 87.7 Å². The molecule has 0 radical (unpaired) electrons. The van der Waals surface area contributed by atoms with Gasteiger partial charge in [0.15, 0.2) is 0 Å². The Hall–Kier alpha value is -3.87. The third-order valence-electron chi connectivity index (χ3n) is 7.13. The van der Waals surface area contributed by atoms with E-state index in [2.05, 4.69) is 17.6 Å². The summed E-state index contributed by atoms with van der Waals surface area (Å²) >= 11 is 0. The summed E-state index contributed by atoms with van der Waals surface area (Å²) in [7, 11) is 0. The largest absolute Gasteiger partial charge is 0.444 e. The number of carbonyl (C=O) groups excluding carboxylic acids is 3. The van der Waals surface area contributed by atoms with Crippen LogP contribution in [0.5, 0.6) is 0 Å². The molecule has 3 rings (SSSR count).